The van der Waals surface area contributed by atoms with E-state index in [1.165, 1.54) is 0 Å². The number of carbonyl (C=O) groups is 1. The predicted octanol–water partition coefficient (Wildman–Crippen LogP) is 5.52. The average molecular weight is 561 g/mol. The number of hydrogen-bond acceptors (Lipinski definition) is 5. The van der Waals surface area contributed by atoms with Crippen LogP contribution in [0.5, 0.6) is 5.75 Å². The lowest BCUT2D eigenvalue weighted by atomic mass is 10.0. The number of aromatic nitrogens is 3. The van der Waals surface area contributed by atoms with Crippen LogP contribution in [0.3, 0.4) is 0 Å². The summed E-state index contributed by atoms with van der Waals surface area (Å²) < 4.78 is 7.77. The molecule has 0 aliphatic carbocycles. The third-order valence-electron chi connectivity index (χ3n) is 6.87. The summed E-state index contributed by atoms with van der Waals surface area (Å²) in [7, 11) is 0. The van der Waals surface area contributed by atoms with Gasteiger partial charge in [0.2, 0.25) is 0 Å². The molecule has 1 aliphatic heterocycles. The molecular weight excluding hydrogens is 532 g/mol. The molecule has 1 fully saturated rings. The monoisotopic (exact) mass is 560 g/mol. The van der Waals surface area contributed by atoms with Crippen molar-refractivity contribution in [2.24, 2.45) is 0 Å². The molecule has 0 saturated carbocycles. The van der Waals surface area contributed by atoms with Gasteiger partial charge < -0.3 is 24.8 Å². The molecule has 6 rings (SSSR count). The van der Waals surface area contributed by atoms with Gasteiger partial charge in [-0.25, -0.2) is 0 Å². The van der Waals surface area contributed by atoms with Crippen molar-refractivity contribution in [1.29, 1.82) is 0 Å². The molecular formula is C32H28N6O2S. The maximum atomic E-state index is 12.5. The first-order valence-electron chi connectivity index (χ1n) is 13.3. The van der Waals surface area contributed by atoms with E-state index in [4.69, 9.17) is 17.0 Å². The van der Waals surface area contributed by atoms with Gasteiger partial charge in [0.25, 0.3) is 5.91 Å². The van der Waals surface area contributed by atoms with E-state index in [2.05, 4.69) is 42.3 Å². The van der Waals surface area contributed by atoms with Crippen LogP contribution in [0.25, 0.3) is 0 Å². The van der Waals surface area contributed by atoms with Gasteiger partial charge in [-0.3, -0.25) is 14.8 Å². The number of thiocarbonyl (C=S) groups is 1. The van der Waals surface area contributed by atoms with Crippen LogP contribution >= 0.6 is 12.2 Å². The molecule has 0 bridgehead atoms. The molecule has 1 amide bonds. The molecule has 1 saturated heterocycles. The minimum atomic E-state index is -0.236. The van der Waals surface area contributed by atoms with E-state index in [1.54, 1.807) is 6.20 Å². The van der Waals surface area contributed by atoms with Crippen LogP contribution in [0.4, 0.5) is 11.4 Å². The summed E-state index contributed by atoms with van der Waals surface area (Å²) in [6, 6.07) is 32.6. The van der Waals surface area contributed by atoms with E-state index in [1.807, 2.05) is 103 Å². The molecule has 8 nitrogen and oxygen atoms in total. The van der Waals surface area contributed by atoms with E-state index in [0.29, 0.717) is 23.1 Å². The Morgan fingerprint density at radius 1 is 0.878 bits per heavy atom. The summed E-state index contributed by atoms with van der Waals surface area (Å²) in [6.07, 6.45) is 5.67. The molecule has 2 atom stereocenters. The third kappa shape index (κ3) is 5.95. The van der Waals surface area contributed by atoms with Crippen LogP contribution in [0, 0.1) is 0 Å². The van der Waals surface area contributed by atoms with Crippen LogP contribution in [-0.2, 0) is 11.3 Å². The normalized spacial score (nSPS) is 16.3. The fourth-order valence-corrected chi connectivity index (χ4v) is 5.35. The lowest BCUT2D eigenvalue weighted by Crippen LogP contribution is -2.30. The summed E-state index contributed by atoms with van der Waals surface area (Å²) in [5.41, 5.74) is 4.51. The van der Waals surface area contributed by atoms with E-state index >= 15 is 0 Å². The summed E-state index contributed by atoms with van der Waals surface area (Å²) >= 11 is 5.89. The van der Waals surface area contributed by atoms with E-state index in [9.17, 15) is 4.79 Å². The Morgan fingerprint density at radius 2 is 1.63 bits per heavy atom. The number of anilines is 2. The first kappa shape index (κ1) is 26.2. The van der Waals surface area contributed by atoms with Crippen molar-refractivity contribution in [1.82, 2.24) is 19.9 Å². The summed E-state index contributed by atoms with van der Waals surface area (Å²) in [4.78, 5) is 23.8. The van der Waals surface area contributed by atoms with E-state index in [0.717, 1.165) is 22.8 Å². The fraction of sp³-hybridized carbons (Fsp3) is 0.125. The number of amides is 1. The van der Waals surface area contributed by atoms with Gasteiger partial charge >= 0.3 is 0 Å². The number of pyridine rings is 2. The lowest BCUT2D eigenvalue weighted by Gasteiger charge is -2.29. The number of nitrogens with zero attached hydrogens (tertiary/aromatic N) is 4. The fourth-order valence-electron chi connectivity index (χ4n) is 5.01. The summed E-state index contributed by atoms with van der Waals surface area (Å²) in [6.45, 7) is 0.554. The van der Waals surface area contributed by atoms with Crippen molar-refractivity contribution in [3.8, 4) is 5.75 Å². The maximum absolute atomic E-state index is 12.5. The second-order valence-corrected chi connectivity index (χ2v) is 9.96. The third-order valence-corrected chi connectivity index (χ3v) is 7.18. The molecule has 4 heterocycles. The first-order valence-corrected chi connectivity index (χ1v) is 13.7. The zero-order chi connectivity index (χ0) is 28.0. The zero-order valence-corrected chi connectivity index (χ0v) is 22.9. The second-order valence-electron chi connectivity index (χ2n) is 9.58. The van der Waals surface area contributed by atoms with Crippen molar-refractivity contribution in [2.45, 2.75) is 18.6 Å². The van der Waals surface area contributed by atoms with Crippen molar-refractivity contribution >= 4 is 34.6 Å². The van der Waals surface area contributed by atoms with Crippen LogP contribution in [-0.4, -0.2) is 32.2 Å². The Hall–Kier alpha value is -5.02. The highest BCUT2D eigenvalue weighted by atomic mass is 32.1. The Balaban J connectivity index is 1.25. The molecule has 9 heteroatoms. The molecule has 204 valence electrons. The molecule has 2 aromatic carbocycles. The number of nitrogens with one attached hydrogen (secondary N) is 2. The Kier molecular flexibility index (Phi) is 7.68. The van der Waals surface area contributed by atoms with Crippen molar-refractivity contribution in [3.05, 3.63) is 139 Å². The predicted molar refractivity (Wildman–Crippen MR) is 163 cm³/mol. The number of hydrogen-bond donors (Lipinski definition) is 2. The van der Waals surface area contributed by atoms with Crippen LogP contribution < -0.4 is 20.3 Å². The average Bonchev–Trinajstić information content (AvgIpc) is 3.61. The minimum absolute atomic E-state index is 0.0764. The second kappa shape index (κ2) is 12.0. The molecule has 1 aliphatic rings. The highest BCUT2D eigenvalue weighted by Gasteiger charge is 2.42. The van der Waals surface area contributed by atoms with Crippen molar-refractivity contribution in [3.63, 3.8) is 0 Å². The van der Waals surface area contributed by atoms with Crippen LogP contribution in [0.1, 0.15) is 29.2 Å². The van der Waals surface area contributed by atoms with Gasteiger partial charge in [-0.15, -0.1) is 0 Å². The number of rotatable bonds is 9. The molecule has 0 radical (unpaired) electrons. The van der Waals surface area contributed by atoms with Gasteiger partial charge in [0.15, 0.2) is 11.7 Å². The van der Waals surface area contributed by atoms with Gasteiger partial charge in [0, 0.05) is 35.7 Å². The number of benzene rings is 2. The summed E-state index contributed by atoms with van der Waals surface area (Å²) in [5, 5.41) is 7.01. The Morgan fingerprint density at radius 3 is 2.37 bits per heavy atom. The molecule has 2 N–H and O–H groups in total. The van der Waals surface area contributed by atoms with Gasteiger partial charge in [0.1, 0.15) is 11.8 Å². The smallest absolute Gasteiger partial charge is 0.262 e. The SMILES string of the molecule is O=C(COc1ccccc1)Nc1ccc(N2C(=S)N[C@@H](c3ccccn3)[C@H]2c2cccn2Cc2ccccn2)cc1. The summed E-state index contributed by atoms with van der Waals surface area (Å²) in [5.74, 6) is 0.412. The maximum Gasteiger partial charge on any atom is 0.262 e. The topological polar surface area (TPSA) is 84.3 Å². The molecule has 0 unspecified atom stereocenters. The van der Waals surface area contributed by atoms with Crippen LogP contribution in [0.15, 0.2) is 122 Å². The Labute approximate surface area is 243 Å². The highest BCUT2D eigenvalue weighted by molar-refractivity contribution is 7.80. The van der Waals surface area contributed by atoms with Crippen LogP contribution in [0.2, 0.25) is 0 Å². The number of carbonyl (C=O) groups excluding carboxylic acids is 1. The number of ether oxygens (including phenoxy) is 1. The zero-order valence-electron chi connectivity index (χ0n) is 22.1. The number of para-hydroxylation sites is 1. The van der Waals surface area contributed by atoms with Crippen molar-refractivity contribution < 1.29 is 9.53 Å². The quantitative estimate of drug-likeness (QED) is 0.230. The highest BCUT2D eigenvalue weighted by Crippen LogP contribution is 2.42. The Bertz CT molecular complexity index is 1610. The first-order chi connectivity index (χ1) is 20.2. The molecule has 41 heavy (non-hydrogen) atoms. The van der Waals surface area contributed by atoms with E-state index < -0.39 is 0 Å². The van der Waals surface area contributed by atoms with Crippen molar-refractivity contribution in [2.75, 3.05) is 16.8 Å². The van der Waals surface area contributed by atoms with Gasteiger partial charge in [-0.05, 0) is 85.0 Å². The largest absolute Gasteiger partial charge is 0.484 e. The lowest BCUT2D eigenvalue weighted by molar-refractivity contribution is -0.118. The van der Waals surface area contributed by atoms with Gasteiger partial charge in [0.05, 0.1) is 24.0 Å². The standard InChI is InChI=1S/C32H28N6O2S/c39-29(22-40-26-10-2-1-3-11-26)35-23-14-16-25(17-15-23)38-31(30(36-32(38)41)27-12-5-7-19-34-27)28-13-8-20-37(28)21-24-9-4-6-18-33-24/h1-20,30-31H,21-22H2,(H,35,39)(H,36,41)/t30-,31+/m0/s1. The van der Waals surface area contributed by atoms with Gasteiger partial charge in [-0.1, -0.05) is 30.3 Å². The minimum Gasteiger partial charge on any atom is -0.484 e. The van der Waals surface area contributed by atoms with E-state index in [-0.39, 0.29) is 24.6 Å². The molecule has 5 aromatic rings. The molecule has 0 spiro atoms. The molecule has 3 aromatic heterocycles. The van der Waals surface area contributed by atoms with Gasteiger partial charge in [-0.2, -0.15) is 0 Å².